The summed E-state index contributed by atoms with van der Waals surface area (Å²) in [5.41, 5.74) is 2.72. The van der Waals surface area contributed by atoms with Crippen LogP contribution in [-0.4, -0.2) is 59.7 Å². The van der Waals surface area contributed by atoms with Gasteiger partial charge in [-0.1, -0.05) is 12.1 Å². The lowest BCUT2D eigenvalue weighted by atomic mass is 10.0. The van der Waals surface area contributed by atoms with E-state index in [1.165, 1.54) is 11.1 Å². The van der Waals surface area contributed by atoms with E-state index in [2.05, 4.69) is 39.9 Å². The number of piperazine rings is 1. The number of pyridine rings is 1. The molecule has 1 aromatic heterocycles. The molecule has 0 spiro atoms. The van der Waals surface area contributed by atoms with Crippen LogP contribution < -0.4 is 9.47 Å². The Bertz CT molecular complexity index is 797. The van der Waals surface area contributed by atoms with Gasteiger partial charge in [0, 0.05) is 57.3 Å². The first kappa shape index (κ1) is 17.0. The monoisotopic (exact) mass is 365 g/mol. The van der Waals surface area contributed by atoms with E-state index in [0.29, 0.717) is 12.1 Å². The summed E-state index contributed by atoms with van der Waals surface area (Å²) in [4.78, 5) is 9.36. The highest BCUT2D eigenvalue weighted by Crippen LogP contribution is 2.33. The fourth-order valence-electron chi connectivity index (χ4n) is 4.72. The maximum absolute atomic E-state index is 6.16. The Morgan fingerprint density at radius 1 is 1.22 bits per heavy atom. The number of hydrogen-bond donors (Lipinski definition) is 0. The van der Waals surface area contributed by atoms with Crippen molar-refractivity contribution in [2.75, 3.05) is 32.8 Å². The van der Waals surface area contributed by atoms with Gasteiger partial charge in [-0.15, -0.1) is 0 Å². The molecule has 0 N–H and O–H groups in total. The van der Waals surface area contributed by atoms with Gasteiger partial charge in [-0.2, -0.15) is 0 Å². The Morgan fingerprint density at radius 3 is 3.07 bits per heavy atom. The van der Waals surface area contributed by atoms with Crippen LogP contribution in [-0.2, 0) is 6.42 Å². The molecular formula is C22H27N3O2. The third-order valence-corrected chi connectivity index (χ3v) is 6.30. The molecule has 3 atom stereocenters. The molecule has 0 bridgehead atoms. The quantitative estimate of drug-likeness (QED) is 0.833. The number of nitrogens with zero attached hydrogens (tertiary/aromatic N) is 3. The lowest BCUT2D eigenvalue weighted by Gasteiger charge is -2.40. The molecule has 0 aliphatic carbocycles. The largest absolute Gasteiger partial charge is 0.493 e. The van der Waals surface area contributed by atoms with Gasteiger partial charge in [0.2, 0.25) is 0 Å². The lowest BCUT2D eigenvalue weighted by molar-refractivity contribution is 0.0761. The summed E-state index contributed by atoms with van der Waals surface area (Å²) in [6.45, 7) is 7.50. The van der Waals surface area contributed by atoms with Gasteiger partial charge in [0.15, 0.2) is 0 Å². The van der Waals surface area contributed by atoms with Gasteiger partial charge in [0.1, 0.15) is 17.6 Å². The molecule has 2 aromatic rings. The molecule has 1 aromatic carbocycles. The lowest BCUT2D eigenvalue weighted by Crippen LogP contribution is -2.50. The maximum Gasteiger partial charge on any atom is 0.138 e. The Balaban J connectivity index is 1.23. The van der Waals surface area contributed by atoms with Crippen molar-refractivity contribution in [3.8, 4) is 11.5 Å². The topological polar surface area (TPSA) is 37.8 Å². The standard InChI is InChI=1S/C22H27N3O2/c1-16(18-5-4-17-6-10-26-22(17)11-18)24-8-9-25-15-21(12-19(25)14-24)27-20-3-2-7-23-13-20/h2-5,7,11,13,16,19,21H,6,8-10,12,14-15H2,1H3. The molecule has 5 heteroatoms. The molecule has 3 aliphatic rings. The van der Waals surface area contributed by atoms with Crippen LogP contribution in [0.25, 0.3) is 0 Å². The fraction of sp³-hybridized carbons (Fsp3) is 0.500. The highest BCUT2D eigenvalue weighted by molar-refractivity contribution is 5.41. The Hall–Kier alpha value is -2.11. The summed E-state index contributed by atoms with van der Waals surface area (Å²) in [5.74, 6) is 1.97. The first-order chi connectivity index (χ1) is 13.3. The molecule has 5 nitrogen and oxygen atoms in total. The summed E-state index contributed by atoms with van der Waals surface area (Å²) < 4.78 is 11.9. The van der Waals surface area contributed by atoms with Crippen LogP contribution in [0.4, 0.5) is 0 Å². The molecule has 5 rings (SSSR count). The zero-order valence-electron chi connectivity index (χ0n) is 15.9. The van der Waals surface area contributed by atoms with E-state index in [0.717, 1.165) is 57.1 Å². The number of aromatic nitrogens is 1. The number of rotatable bonds is 4. The second-order valence-electron chi connectivity index (χ2n) is 7.95. The van der Waals surface area contributed by atoms with Gasteiger partial charge in [-0.25, -0.2) is 0 Å². The molecule has 4 heterocycles. The van der Waals surface area contributed by atoms with E-state index in [1.807, 2.05) is 18.3 Å². The van der Waals surface area contributed by atoms with Crippen LogP contribution >= 0.6 is 0 Å². The minimum atomic E-state index is 0.267. The van der Waals surface area contributed by atoms with Crippen molar-refractivity contribution < 1.29 is 9.47 Å². The van der Waals surface area contributed by atoms with E-state index in [4.69, 9.17) is 9.47 Å². The van der Waals surface area contributed by atoms with Crippen molar-refractivity contribution in [3.63, 3.8) is 0 Å². The Morgan fingerprint density at radius 2 is 2.19 bits per heavy atom. The minimum Gasteiger partial charge on any atom is -0.493 e. The predicted octanol–water partition coefficient (Wildman–Crippen LogP) is 2.92. The predicted molar refractivity (Wildman–Crippen MR) is 104 cm³/mol. The van der Waals surface area contributed by atoms with E-state index in [-0.39, 0.29) is 6.10 Å². The second kappa shape index (κ2) is 7.13. The number of hydrogen-bond acceptors (Lipinski definition) is 5. The van der Waals surface area contributed by atoms with E-state index in [9.17, 15) is 0 Å². The summed E-state index contributed by atoms with van der Waals surface area (Å²) in [6, 6.07) is 11.7. The van der Waals surface area contributed by atoms with Gasteiger partial charge in [0.25, 0.3) is 0 Å². The molecule has 0 radical (unpaired) electrons. The molecular weight excluding hydrogens is 338 g/mol. The molecule has 0 amide bonds. The summed E-state index contributed by atoms with van der Waals surface area (Å²) in [6.07, 6.45) is 5.99. The summed E-state index contributed by atoms with van der Waals surface area (Å²) >= 11 is 0. The minimum absolute atomic E-state index is 0.267. The highest BCUT2D eigenvalue weighted by atomic mass is 16.5. The van der Waals surface area contributed by atoms with Crippen molar-refractivity contribution >= 4 is 0 Å². The molecule has 2 fully saturated rings. The van der Waals surface area contributed by atoms with E-state index >= 15 is 0 Å². The van der Waals surface area contributed by atoms with Crippen LogP contribution in [0.1, 0.15) is 30.5 Å². The third kappa shape index (κ3) is 3.42. The van der Waals surface area contributed by atoms with Crippen LogP contribution in [0.2, 0.25) is 0 Å². The van der Waals surface area contributed by atoms with Crippen molar-refractivity contribution in [3.05, 3.63) is 53.9 Å². The van der Waals surface area contributed by atoms with Crippen LogP contribution in [0, 0.1) is 0 Å². The molecule has 27 heavy (non-hydrogen) atoms. The first-order valence-corrected chi connectivity index (χ1v) is 10.1. The fourth-order valence-corrected chi connectivity index (χ4v) is 4.72. The summed E-state index contributed by atoms with van der Waals surface area (Å²) in [7, 11) is 0. The van der Waals surface area contributed by atoms with E-state index < -0.39 is 0 Å². The van der Waals surface area contributed by atoms with Crippen LogP contribution in [0.5, 0.6) is 11.5 Å². The average Bonchev–Trinajstić information content (AvgIpc) is 3.33. The number of fused-ring (bicyclic) bond motifs is 2. The normalized spacial score (nSPS) is 26.3. The Labute approximate surface area is 160 Å². The number of ether oxygens (including phenoxy) is 2. The highest BCUT2D eigenvalue weighted by Gasteiger charge is 2.38. The van der Waals surface area contributed by atoms with Crippen molar-refractivity contribution in [2.24, 2.45) is 0 Å². The average molecular weight is 365 g/mol. The first-order valence-electron chi connectivity index (χ1n) is 10.1. The van der Waals surface area contributed by atoms with Crippen molar-refractivity contribution in [1.82, 2.24) is 14.8 Å². The van der Waals surface area contributed by atoms with Crippen molar-refractivity contribution in [2.45, 2.75) is 38.0 Å². The zero-order chi connectivity index (χ0) is 18.2. The van der Waals surface area contributed by atoms with Gasteiger partial charge >= 0.3 is 0 Å². The molecule has 142 valence electrons. The van der Waals surface area contributed by atoms with E-state index in [1.54, 1.807) is 6.20 Å². The number of benzene rings is 1. The van der Waals surface area contributed by atoms with Gasteiger partial charge < -0.3 is 9.47 Å². The molecule has 3 unspecified atom stereocenters. The smallest absolute Gasteiger partial charge is 0.138 e. The Kier molecular flexibility index (Phi) is 4.50. The van der Waals surface area contributed by atoms with Gasteiger partial charge in [-0.05, 0) is 36.2 Å². The SMILES string of the molecule is CC(c1ccc2c(c1)OCC2)N1CCN2CC(Oc3cccnc3)CC2C1. The second-order valence-corrected chi connectivity index (χ2v) is 7.95. The van der Waals surface area contributed by atoms with Gasteiger partial charge in [0.05, 0.1) is 12.8 Å². The third-order valence-electron chi connectivity index (χ3n) is 6.30. The van der Waals surface area contributed by atoms with Crippen LogP contribution in [0.3, 0.4) is 0 Å². The maximum atomic E-state index is 6.16. The van der Waals surface area contributed by atoms with Crippen LogP contribution in [0.15, 0.2) is 42.7 Å². The van der Waals surface area contributed by atoms with Gasteiger partial charge in [-0.3, -0.25) is 14.8 Å². The molecule has 2 saturated heterocycles. The molecule has 0 saturated carbocycles. The summed E-state index contributed by atoms with van der Waals surface area (Å²) in [5, 5.41) is 0. The zero-order valence-corrected chi connectivity index (χ0v) is 15.9. The molecule has 3 aliphatic heterocycles. The van der Waals surface area contributed by atoms with Crippen molar-refractivity contribution in [1.29, 1.82) is 0 Å².